The number of H-pyrrole nitrogens is 1. The molecule has 0 saturated heterocycles. The molecule has 0 aromatic carbocycles. The molecule has 0 aliphatic heterocycles. The number of nitrogens with zero attached hydrogens (tertiary/aromatic N) is 2. The van der Waals surface area contributed by atoms with Crippen LogP contribution in [0.15, 0.2) is 0 Å². The van der Waals surface area contributed by atoms with E-state index in [2.05, 4.69) is 32.7 Å². The first kappa shape index (κ1) is 23.5. The topological polar surface area (TPSA) is 131 Å². The molecule has 4 N–H and O–H groups in total. The van der Waals surface area contributed by atoms with Crippen molar-refractivity contribution in [2.75, 3.05) is 45.1 Å². The van der Waals surface area contributed by atoms with Gasteiger partial charge in [-0.3, -0.25) is 9.78 Å². The van der Waals surface area contributed by atoms with Crippen molar-refractivity contribution in [3.05, 3.63) is 0 Å². The lowest BCUT2D eigenvalue weighted by Crippen LogP contribution is -2.42. The first-order valence-corrected chi connectivity index (χ1v) is 11.2. The largest absolute Gasteiger partial charge is 0.500 e. The van der Waals surface area contributed by atoms with Crippen molar-refractivity contribution < 1.29 is 23.2 Å². The quantitative estimate of drug-likeness (QED) is 0.239. The van der Waals surface area contributed by atoms with E-state index in [0.717, 1.165) is 19.4 Å². The molecule has 10 nitrogen and oxygen atoms in total. The lowest BCUT2D eigenvalue weighted by atomic mass is 10.1. The van der Waals surface area contributed by atoms with E-state index in [-0.39, 0.29) is 18.7 Å². The number of aliphatic hydroxyl groups is 1. The normalized spacial score (nSPS) is 12.8. The van der Waals surface area contributed by atoms with E-state index in [1.54, 1.807) is 21.3 Å². The summed E-state index contributed by atoms with van der Waals surface area (Å²) in [5.74, 6) is 1.02. The van der Waals surface area contributed by atoms with Crippen molar-refractivity contribution in [3.63, 3.8) is 0 Å². The summed E-state index contributed by atoms with van der Waals surface area (Å²) in [7, 11) is 1.99. The van der Waals surface area contributed by atoms with Crippen LogP contribution in [0.5, 0.6) is 0 Å². The number of aromatic nitrogens is 3. The number of anilines is 2. The minimum atomic E-state index is -2.65. The molecule has 0 bridgehead atoms. The molecule has 1 aromatic heterocycles. The van der Waals surface area contributed by atoms with E-state index < -0.39 is 14.9 Å². The Morgan fingerprint density at radius 1 is 1.15 bits per heavy atom. The predicted octanol–water partition coefficient (Wildman–Crippen LogP) is 1.41. The molecule has 1 aromatic rings. The van der Waals surface area contributed by atoms with Gasteiger partial charge in [0.15, 0.2) is 0 Å². The van der Waals surface area contributed by atoms with Gasteiger partial charge < -0.3 is 29.0 Å². The number of aromatic amines is 1. The van der Waals surface area contributed by atoms with Gasteiger partial charge in [0.2, 0.25) is 11.9 Å². The Morgan fingerprint density at radius 2 is 1.78 bits per heavy atom. The number of carbonyl (C=O) groups is 1. The molecule has 156 valence electrons. The SMILES string of the molecule is CCCCNc1nnc(NCC(O)CC(=O)CCC[Si](OC)(OC)OC)[nH]1. The van der Waals surface area contributed by atoms with Crippen molar-refractivity contribution in [2.24, 2.45) is 0 Å². The molecule has 27 heavy (non-hydrogen) atoms. The van der Waals surface area contributed by atoms with Gasteiger partial charge in [0.1, 0.15) is 5.78 Å². The van der Waals surface area contributed by atoms with Crippen LogP contribution in [-0.4, -0.2) is 75.4 Å². The molecule has 1 unspecified atom stereocenters. The Hall–Kier alpha value is -1.53. The summed E-state index contributed by atoms with van der Waals surface area (Å²) >= 11 is 0. The Bertz CT molecular complexity index is 533. The zero-order chi connectivity index (χ0) is 20.1. The first-order chi connectivity index (χ1) is 13.0. The van der Waals surface area contributed by atoms with Crippen LogP contribution in [0.25, 0.3) is 0 Å². The average Bonchev–Trinajstić information content (AvgIpc) is 3.12. The van der Waals surface area contributed by atoms with Gasteiger partial charge in [-0.25, -0.2) is 0 Å². The molecule has 0 spiro atoms. The molecule has 0 radical (unpaired) electrons. The van der Waals surface area contributed by atoms with Gasteiger partial charge in [-0.2, -0.15) is 0 Å². The van der Waals surface area contributed by atoms with Crippen LogP contribution in [-0.2, 0) is 18.1 Å². The van der Waals surface area contributed by atoms with E-state index in [1.165, 1.54) is 0 Å². The number of rotatable bonds is 16. The van der Waals surface area contributed by atoms with Crippen molar-refractivity contribution >= 4 is 26.5 Å². The lowest BCUT2D eigenvalue weighted by molar-refractivity contribution is -0.120. The second-order valence-electron chi connectivity index (χ2n) is 6.23. The number of ketones is 1. The highest BCUT2D eigenvalue weighted by atomic mass is 28.4. The molecule has 0 amide bonds. The minimum absolute atomic E-state index is 0.0185. The molecule has 0 aliphatic carbocycles. The van der Waals surface area contributed by atoms with E-state index in [1.807, 2.05) is 0 Å². The maximum atomic E-state index is 12.0. The second-order valence-corrected chi connectivity index (χ2v) is 9.32. The number of hydrogen-bond donors (Lipinski definition) is 4. The molecular formula is C16H33N5O5Si. The van der Waals surface area contributed by atoms with Crippen LogP contribution >= 0.6 is 0 Å². The van der Waals surface area contributed by atoms with Crippen LogP contribution < -0.4 is 10.6 Å². The summed E-state index contributed by atoms with van der Waals surface area (Å²) in [4.78, 5) is 15.0. The highest BCUT2D eigenvalue weighted by Crippen LogP contribution is 2.17. The van der Waals surface area contributed by atoms with Gasteiger partial charge in [-0.1, -0.05) is 13.3 Å². The molecule has 0 saturated carbocycles. The third-order valence-corrected chi connectivity index (χ3v) is 6.98. The van der Waals surface area contributed by atoms with Crippen molar-refractivity contribution in [1.82, 2.24) is 15.2 Å². The fourth-order valence-corrected chi connectivity index (χ4v) is 4.24. The zero-order valence-electron chi connectivity index (χ0n) is 16.7. The van der Waals surface area contributed by atoms with Crippen molar-refractivity contribution in [2.45, 2.75) is 51.2 Å². The van der Waals surface area contributed by atoms with Crippen LogP contribution in [0, 0.1) is 0 Å². The fourth-order valence-electron chi connectivity index (χ4n) is 2.51. The van der Waals surface area contributed by atoms with Gasteiger partial charge in [-0.15, -0.1) is 10.2 Å². The third kappa shape index (κ3) is 8.80. The summed E-state index contributed by atoms with van der Waals surface area (Å²) in [5, 5.41) is 24.0. The summed E-state index contributed by atoms with van der Waals surface area (Å²) in [6, 6.07) is 0.558. The van der Waals surface area contributed by atoms with Gasteiger partial charge in [0, 0.05) is 53.3 Å². The number of hydrogen-bond acceptors (Lipinski definition) is 9. The van der Waals surface area contributed by atoms with Crippen LogP contribution in [0.1, 0.15) is 39.0 Å². The first-order valence-electron chi connectivity index (χ1n) is 9.24. The molecule has 1 heterocycles. The number of carbonyl (C=O) groups excluding carboxylic acids is 1. The van der Waals surface area contributed by atoms with Gasteiger partial charge in [-0.05, 0) is 12.8 Å². The van der Waals surface area contributed by atoms with E-state index in [4.69, 9.17) is 13.3 Å². The second kappa shape index (κ2) is 12.8. The van der Waals surface area contributed by atoms with Crippen LogP contribution in [0.3, 0.4) is 0 Å². The van der Waals surface area contributed by atoms with Crippen molar-refractivity contribution in [1.29, 1.82) is 0 Å². The molecular weight excluding hydrogens is 370 g/mol. The Labute approximate surface area is 161 Å². The Balaban J connectivity index is 2.25. The average molecular weight is 404 g/mol. The summed E-state index contributed by atoms with van der Waals surface area (Å²) in [6.45, 7) is 3.15. The molecule has 1 rings (SSSR count). The number of aliphatic hydroxyl groups excluding tert-OH is 1. The van der Waals surface area contributed by atoms with Crippen LogP contribution in [0.4, 0.5) is 11.9 Å². The Kier molecular flexibility index (Phi) is 11.1. The molecule has 0 fully saturated rings. The van der Waals surface area contributed by atoms with E-state index >= 15 is 0 Å². The summed E-state index contributed by atoms with van der Waals surface area (Å²) < 4.78 is 16.0. The fraction of sp³-hybridized carbons (Fsp3) is 0.812. The Morgan fingerprint density at radius 3 is 2.37 bits per heavy atom. The van der Waals surface area contributed by atoms with E-state index in [0.29, 0.717) is 30.8 Å². The maximum absolute atomic E-state index is 12.0. The number of nitrogens with one attached hydrogen (secondary N) is 3. The summed E-state index contributed by atoms with van der Waals surface area (Å²) in [5.41, 5.74) is 0. The molecule has 1 atom stereocenters. The maximum Gasteiger partial charge on any atom is 0.500 e. The third-order valence-electron chi connectivity index (χ3n) is 4.15. The number of Topliss-reactive ketones (excluding diaryl/α,β-unsaturated/α-hetero) is 1. The lowest BCUT2D eigenvalue weighted by Gasteiger charge is -2.24. The molecule has 11 heteroatoms. The highest BCUT2D eigenvalue weighted by Gasteiger charge is 2.37. The zero-order valence-corrected chi connectivity index (χ0v) is 17.7. The molecule has 0 aliphatic rings. The van der Waals surface area contributed by atoms with Gasteiger partial charge >= 0.3 is 8.80 Å². The minimum Gasteiger partial charge on any atom is -0.391 e. The van der Waals surface area contributed by atoms with Gasteiger partial charge in [0.05, 0.1) is 6.10 Å². The predicted molar refractivity (Wildman–Crippen MR) is 105 cm³/mol. The standard InChI is InChI=1S/C16H33N5O5Si/c1-5-6-9-17-15-19-16(21-20-15)18-12-14(23)11-13(22)8-7-10-27(24-2,25-3)26-4/h14,23H,5-12H2,1-4H3,(H3,17,18,19,20,21). The van der Waals surface area contributed by atoms with E-state index in [9.17, 15) is 9.90 Å². The smallest absolute Gasteiger partial charge is 0.391 e. The highest BCUT2D eigenvalue weighted by molar-refractivity contribution is 6.60. The number of unbranched alkanes of at least 4 members (excludes halogenated alkanes) is 1. The van der Waals surface area contributed by atoms with Gasteiger partial charge in [0.25, 0.3) is 0 Å². The monoisotopic (exact) mass is 403 g/mol. The van der Waals surface area contributed by atoms with Crippen molar-refractivity contribution in [3.8, 4) is 0 Å². The van der Waals surface area contributed by atoms with Crippen LogP contribution in [0.2, 0.25) is 6.04 Å². The summed E-state index contributed by atoms with van der Waals surface area (Å²) in [6.07, 6.45) is 2.36.